The Labute approximate surface area is 120 Å². The quantitative estimate of drug-likeness (QED) is 0.944. The lowest BCUT2D eigenvalue weighted by molar-refractivity contribution is -0.155. The molecule has 20 heavy (non-hydrogen) atoms. The number of nitrogens with one attached hydrogen (secondary N) is 1. The van der Waals surface area contributed by atoms with E-state index in [0.29, 0.717) is 5.02 Å². The molecule has 0 bridgehead atoms. The zero-order chi connectivity index (χ0) is 14.8. The average molecular weight is 322 g/mol. The van der Waals surface area contributed by atoms with Crippen molar-refractivity contribution in [2.75, 3.05) is 0 Å². The minimum Gasteiger partial charge on any atom is -0.335 e. The summed E-state index contributed by atoms with van der Waals surface area (Å²) in [7, 11) is 0. The van der Waals surface area contributed by atoms with Gasteiger partial charge in [0.15, 0.2) is 11.7 Å². The first kappa shape index (κ1) is 14.7. The van der Waals surface area contributed by atoms with E-state index in [1.807, 2.05) is 5.32 Å². The number of amides is 1. The Morgan fingerprint density at radius 3 is 2.45 bits per heavy atom. The molecule has 1 atom stereocenters. The van der Waals surface area contributed by atoms with Crippen molar-refractivity contribution in [2.45, 2.75) is 12.2 Å². The molecule has 1 aromatic carbocycles. The Bertz CT molecular complexity index is 586. The number of carbonyl (C=O) groups excluding carboxylic acids is 1. The Hall–Kier alpha value is -1.67. The highest BCUT2D eigenvalue weighted by molar-refractivity contribution is 7.03. The molecule has 0 spiro atoms. The van der Waals surface area contributed by atoms with E-state index in [9.17, 15) is 18.0 Å². The number of benzene rings is 1. The van der Waals surface area contributed by atoms with Gasteiger partial charge in [0, 0.05) is 10.4 Å². The zero-order valence-corrected chi connectivity index (χ0v) is 11.3. The van der Waals surface area contributed by atoms with E-state index in [-0.39, 0.29) is 11.3 Å². The van der Waals surface area contributed by atoms with Crippen molar-refractivity contribution in [2.24, 2.45) is 0 Å². The van der Waals surface area contributed by atoms with Crippen molar-refractivity contribution in [3.63, 3.8) is 0 Å². The van der Waals surface area contributed by atoms with Crippen LogP contribution in [0.3, 0.4) is 0 Å². The predicted molar refractivity (Wildman–Crippen MR) is 67.6 cm³/mol. The number of nitrogens with zero attached hydrogens (tertiary/aromatic N) is 2. The van der Waals surface area contributed by atoms with Crippen molar-refractivity contribution in [3.8, 4) is 0 Å². The third kappa shape index (κ3) is 3.45. The number of hydrogen-bond donors (Lipinski definition) is 1. The minimum absolute atomic E-state index is 0.113. The van der Waals surface area contributed by atoms with Crippen LogP contribution in [0.1, 0.15) is 22.1 Å². The van der Waals surface area contributed by atoms with Crippen molar-refractivity contribution >= 4 is 29.0 Å². The minimum atomic E-state index is -4.63. The molecule has 0 saturated carbocycles. The predicted octanol–water partition coefficient (Wildman–Crippen LogP) is 3.22. The van der Waals surface area contributed by atoms with Gasteiger partial charge < -0.3 is 5.32 Å². The summed E-state index contributed by atoms with van der Waals surface area (Å²) in [5.74, 6) is -0.934. The van der Waals surface area contributed by atoms with Crippen LogP contribution in [0.2, 0.25) is 5.02 Å². The first-order chi connectivity index (χ1) is 9.38. The van der Waals surface area contributed by atoms with E-state index in [1.54, 1.807) is 0 Å². The summed E-state index contributed by atoms with van der Waals surface area (Å²) in [5.41, 5.74) is -0.267. The lowest BCUT2D eigenvalue weighted by Gasteiger charge is -2.21. The van der Waals surface area contributed by atoms with Gasteiger partial charge in [-0.2, -0.15) is 13.2 Å². The molecule has 0 fully saturated rings. The molecule has 4 nitrogen and oxygen atoms in total. The van der Waals surface area contributed by atoms with Crippen molar-refractivity contribution < 1.29 is 18.0 Å². The molecule has 1 amide bonds. The molecular formula is C11H7ClF3N3OS. The van der Waals surface area contributed by atoms with Crippen LogP contribution in [0, 0.1) is 0 Å². The summed E-state index contributed by atoms with van der Waals surface area (Å²) < 4.78 is 42.5. The SMILES string of the molecule is O=C(N[C@H](c1ccc(Cl)cc1)C(F)(F)F)c1csnn1. The molecule has 1 N–H and O–H groups in total. The Morgan fingerprint density at radius 1 is 1.30 bits per heavy atom. The fraction of sp³-hybridized carbons (Fsp3) is 0.182. The number of alkyl halides is 3. The van der Waals surface area contributed by atoms with Crippen molar-refractivity contribution in [3.05, 3.63) is 45.9 Å². The smallest absolute Gasteiger partial charge is 0.335 e. The van der Waals surface area contributed by atoms with E-state index in [0.717, 1.165) is 11.5 Å². The molecule has 1 heterocycles. The molecule has 9 heteroatoms. The van der Waals surface area contributed by atoms with E-state index >= 15 is 0 Å². The van der Waals surface area contributed by atoms with Gasteiger partial charge >= 0.3 is 6.18 Å². The van der Waals surface area contributed by atoms with Crippen LogP contribution in [0.15, 0.2) is 29.6 Å². The molecule has 0 aliphatic rings. The first-order valence-corrected chi connectivity index (χ1v) is 6.49. The molecule has 0 unspecified atom stereocenters. The molecule has 2 rings (SSSR count). The number of rotatable bonds is 3. The van der Waals surface area contributed by atoms with Gasteiger partial charge in [0.2, 0.25) is 0 Å². The van der Waals surface area contributed by atoms with E-state index in [4.69, 9.17) is 11.6 Å². The summed E-state index contributed by atoms with van der Waals surface area (Å²) in [6.07, 6.45) is -4.63. The molecule has 106 valence electrons. The second-order valence-electron chi connectivity index (χ2n) is 3.79. The number of aromatic nitrogens is 2. The van der Waals surface area contributed by atoms with Gasteiger partial charge in [-0.15, -0.1) is 5.10 Å². The van der Waals surface area contributed by atoms with Gasteiger partial charge in [-0.05, 0) is 29.2 Å². The van der Waals surface area contributed by atoms with E-state index in [1.165, 1.54) is 29.6 Å². The van der Waals surface area contributed by atoms with Crippen LogP contribution in [-0.2, 0) is 0 Å². The first-order valence-electron chi connectivity index (χ1n) is 5.28. The van der Waals surface area contributed by atoms with Crippen molar-refractivity contribution in [1.29, 1.82) is 0 Å². The summed E-state index contributed by atoms with van der Waals surface area (Å²) in [6.45, 7) is 0. The number of hydrogen-bond acceptors (Lipinski definition) is 4. The van der Waals surface area contributed by atoms with Gasteiger partial charge in [-0.1, -0.05) is 28.2 Å². The van der Waals surface area contributed by atoms with Gasteiger partial charge in [-0.3, -0.25) is 4.79 Å². The summed E-state index contributed by atoms with van der Waals surface area (Å²) in [6, 6.07) is 2.94. The third-order valence-corrected chi connectivity index (χ3v) is 3.16. The Balaban J connectivity index is 2.25. The normalized spacial score (nSPS) is 13.0. The Morgan fingerprint density at radius 2 is 1.95 bits per heavy atom. The fourth-order valence-corrected chi connectivity index (χ4v) is 2.04. The van der Waals surface area contributed by atoms with Crippen LogP contribution in [0.4, 0.5) is 13.2 Å². The van der Waals surface area contributed by atoms with Crippen LogP contribution >= 0.6 is 23.1 Å². The largest absolute Gasteiger partial charge is 0.412 e. The molecule has 0 saturated heterocycles. The highest BCUT2D eigenvalue weighted by Gasteiger charge is 2.42. The van der Waals surface area contributed by atoms with Gasteiger partial charge in [0.1, 0.15) is 0 Å². The van der Waals surface area contributed by atoms with Gasteiger partial charge in [0.25, 0.3) is 5.91 Å². The maximum absolute atomic E-state index is 13.0. The molecule has 2 aromatic rings. The highest BCUT2D eigenvalue weighted by Crippen LogP contribution is 2.33. The monoisotopic (exact) mass is 321 g/mol. The van der Waals surface area contributed by atoms with Crippen LogP contribution < -0.4 is 5.32 Å². The zero-order valence-electron chi connectivity index (χ0n) is 9.69. The van der Waals surface area contributed by atoms with E-state index in [2.05, 4.69) is 9.59 Å². The number of halogens is 4. The third-order valence-electron chi connectivity index (χ3n) is 2.40. The van der Waals surface area contributed by atoms with Crippen LogP contribution in [-0.4, -0.2) is 21.7 Å². The highest BCUT2D eigenvalue weighted by atomic mass is 35.5. The van der Waals surface area contributed by atoms with E-state index < -0.39 is 18.1 Å². The summed E-state index contributed by atoms with van der Waals surface area (Å²) in [4.78, 5) is 11.7. The standard InChI is InChI=1S/C11H7ClF3N3OS/c12-7-3-1-6(2-4-7)9(11(13,14)15)16-10(19)8-5-20-18-17-8/h1-5,9H,(H,16,19)/t9-/m1/s1. The molecule has 0 aliphatic heterocycles. The summed E-state index contributed by atoms with van der Waals surface area (Å²) in [5, 5.41) is 6.90. The average Bonchev–Trinajstić information content (AvgIpc) is 2.89. The van der Waals surface area contributed by atoms with Crippen molar-refractivity contribution in [1.82, 2.24) is 14.9 Å². The second kappa shape index (κ2) is 5.76. The second-order valence-corrected chi connectivity index (χ2v) is 4.84. The molecule has 0 aliphatic carbocycles. The number of carbonyl (C=O) groups is 1. The van der Waals surface area contributed by atoms with Gasteiger partial charge in [0.05, 0.1) is 0 Å². The molecule has 0 radical (unpaired) electrons. The molecular weight excluding hydrogens is 315 g/mol. The molecule has 1 aromatic heterocycles. The maximum atomic E-state index is 13.0. The fourth-order valence-electron chi connectivity index (χ4n) is 1.48. The lowest BCUT2D eigenvalue weighted by Crippen LogP contribution is -2.38. The summed E-state index contributed by atoms with van der Waals surface area (Å²) >= 11 is 6.51. The lowest BCUT2D eigenvalue weighted by atomic mass is 10.1. The van der Waals surface area contributed by atoms with Gasteiger partial charge in [-0.25, -0.2) is 0 Å². The van der Waals surface area contributed by atoms with Crippen LogP contribution in [0.5, 0.6) is 0 Å². The Kier molecular flexibility index (Phi) is 4.24. The maximum Gasteiger partial charge on any atom is 0.412 e. The van der Waals surface area contributed by atoms with Crippen LogP contribution in [0.25, 0.3) is 0 Å². The topological polar surface area (TPSA) is 54.9 Å².